The molecule has 6 nitrogen and oxygen atoms in total. The summed E-state index contributed by atoms with van der Waals surface area (Å²) in [6.45, 7) is 6.36. The molecule has 0 saturated carbocycles. The zero-order valence-corrected chi connectivity index (χ0v) is 21.6. The average molecular weight is 485 g/mol. The van der Waals surface area contributed by atoms with Crippen LogP contribution in [0.4, 0.5) is 11.4 Å². The van der Waals surface area contributed by atoms with Crippen LogP contribution >= 0.6 is 0 Å². The predicted octanol–water partition coefficient (Wildman–Crippen LogP) is 5.69. The SMILES string of the molecule is COc1ccc(/C(O)=C2\C(=O)C(=O)N(c3ccc(C(C)(C)C)cc3)C2c2ccc(N(C)C)cc2)cc1. The number of carbonyl (C=O) groups excluding carboxylic acids is 2. The summed E-state index contributed by atoms with van der Waals surface area (Å²) in [6.07, 6.45) is 0. The largest absolute Gasteiger partial charge is 0.507 e. The van der Waals surface area contributed by atoms with Gasteiger partial charge in [-0.1, -0.05) is 45.0 Å². The molecule has 1 aliphatic rings. The zero-order chi connectivity index (χ0) is 26.2. The second kappa shape index (κ2) is 9.53. The minimum absolute atomic E-state index is 0.0531. The van der Waals surface area contributed by atoms with Crippen molar-refractivity contribution in [2.75, 3.05) is 31.0 Å². The molecular weight excluding hydrogens is 452 g/mol. The lowest BCUT2D eigenvalue weighted by molar-refractivity contribution is -0.132. The van der Waals surface area contributed by atoms with Gasteiger partial charge in [0.15, 0.2) is 0 Å². The van der Waals surface area contributed by atoms with Gasteiger partial charge in [-0.05, 0) is 65.1 Å². The number of aliphatic hydroxyl groups excluding tert-OH is 1. The van der Waals surface area contributed by atoms with E-state index in [1.807, 2.05) is 67.5 Å². The maximum absolute atomic E-state index is 13.4. The molecule has 186 valence electrons. The molecule has 36 heavy (non-hydrogen) atoms. The number of ether oxygens (including phenoxy) is 1. The Hall–Kier alpha value is -4.06. The van der Waals surface area contributed by atoms with Gasteiger partial charge in [0, 0.05) is 31.0 Å². The maximum Gasteiger partial charge on any atom is 0.300 e. The van der Waals surface area contributed by atoms with Crippen molar-refractivity contribution in [2.45, 2.75) is 32.2 Å². The van der Waals surface area contributed by atoms with Gasteiger partial charge in [-0.15, -0.1) is 0 Å². The highest BCUT2D eigenvalue weighted by molar-refractivity contribution is 6.51. The van der Waals surface area contributed by atoms with E-state index in [4.69, 9.17) is 4.74 Å². The number of nitrogens with zero attached hydrogens (tertiary/aromatic N) is 2. The fourth-order valence-corrected chi connectivity index (χ4v) is 4.40. The van der Waals surface area contributed by atoms with Gasteiger partial charge >= 0.3 is 0 Å². The van der Waals surface area contributed by atoms with Gasteiger partial charge < -0.3 is 14.7 Å². The summed E-state index contributed by atoms with van der Waals surface area (Å²) >= 11 is 0. The number of benzene rings is 3. The first-order valence-corrected chi connectivity index (χ1v) is 11.9. The molecular formula is C30H32N2O4. The van der Waals surface area contributed by atoms with Gasteiger partial charge in [0.2, 0.25) is 0 Å². The minimum Gasteiger partial charge on any atom is -0.507 e. The van der Waals surface area contributed by atoms with Crippen LogP contribution in [0.1, 0.15) is 43.5 Å². The highest BCUT2D eigenvalue weighted by Gasteiger charge is 2.47. The molecule has 0 aromatic heterocycles. The first-order valence-electron chi connectivity index (χ1n) is 11.9. The van der Waals surface area contributed by atoms with Crippen LogP contribution in [0.5, 0.6) is 5.75 Å². The summed E-state index contributed by atoms with van der Waals surface area (Å²) < 4.78 is 5.21. The molecule has 1 fully saturated rings. The van der Waals surface area contributed by atoms with Crippen molar-refractivity contribution < 1.29 is 19.4 Å². The number of ketones is 1. The second-order valence-electron chi connectivity index (χ2n) is 10.2. The van der Waals surface area contributed by atoms with Crippen LogP contribution in [0.3, 0.4) is 0 Å². The van der Waals surface area contributed by atoms with Crippen molar-refractivity contribution >= 4 is 28.8 Å². The molecule has 1 N–H and O–H groups in total. The third-order valence-corrected chi connectivity index (χ3v) is 6.54. The van der Waals surface area contributed by atoms with Gasteiger partial charge in [0.05, 0.1) is 18.7 Å². The molecule has 4 rings (SSSR count). The Balaban J connectivity index is 1.88. The third kappa shape index (κ3) is 4.59. The summed E-state index contributed by atoms with van der Waals surface area (Å²) in [6, 6.07) is 21.3. The molecule has 1 saturated heterocycles. The van der Waals surface area contributed by atoms with Crippen molar-refractivity contribution in [3.63, 3.8) is 0 Å². The van der Waals surface area contributed by atoms with Crippen LogP contribution in [0.15, 0.2) is 78.4 Å². The molecule has 1 aliphatic heterocycles. The molecule has 3 aromatic carbocycles. The van der Waals surface area contributed by atoms with Crippen molar-refractivity contribution in [3.05, 3.63) is 95.1 Å². The van der Waals surface area contributed by atoms with Gasteiger partial charge in [-0.2, -0.15) is 0 Å². The van der Waals surface area contributed by atoms with E-state index in [0.717, 1.165) is 16.8 Å². The summed E-state index contributed by atoms with van der Waals surface area (Å²) in [5.74, 6) is -0.978. The van der Waals surface area contributed by atoms with Crippen molar-refractivity contribution in [1.82, 2.24) is 0 Å². The number of carbonyl (C=O) groups is 2. The van der Waals surface area contributed by atoms with Crippen molar-refractivity contribution in [2.24, 2.45) is 0 Å². The van der Waals surface area contributed by atoms with Gasteiger partial charge in [0.25, 0.3) is 11.7 Å². The van der Waals surface area contributed by atoms with Gasteiger partial charge in [0.1, 0.15) is 11.5 Å². The molecule has 3 aromatic rings. The highest BCUT2D eigenvalue weighted by Crippen LogP contribution is 2.43. The van der Waals surface area contributed by atoms with Crippen LogP contribution in [-0.2, 0) is 15.0 Å². The van der Waals surface area contributed by atoms with Crippen LogP contribution in [0.25, 0.3) is 5.76 Å². The smallest absolute Gasteiger partial charge is 0.300 e. The van der Waals surface area contributed by atoms with E-state index in [0.29, 0.717) is 17.0 Å². The molecule has 0 aliphatic carbocycles. The van der Waals surface area contributed by atoms with Gasteiger partial charge in [-0.3, -0.25) is 14.5 Å². The van der Waals surface area contributed by atoms with Gasteiger partial charge in [-0.25, -0.2) is 0 Å². The fraction of sp³-hybridized carbons (Fsp3) is 0.267. The van der Waals surface area contributed by atoms with Crippen molar-refractivity contribution in [1.29, 1.82) is 0 Å². The second-order valence-corrected chi connectivity index (χ2v) is 10.2. The first kappa shape index (κ1) is 25.0. The Bertz CT molecular complexity index is 1300. The fourth-order valence-electron chi connectivity index (χ4n) is 4.40. The molecule has 1 unspecified atom stereocenters. The third-order valence-electron chi connectivity index (χ3n) is 6.54. The Kier molecular flexibility index (Phi) is 6.63. The molecule has 1 amide bonds. The number of rotatable bonds is 5. The predicted molar refractivity (Wildman–Crippen MR) is 144 cm³/mol. The standard InChI is InChI=1S/C30H32N2O4/c1-30(2,3)21-11-15-23(16-12-21)32-26(19-7-13-22(14-8-19)31(4)5)25(28(34)29(32)35)27(33)20-9-17-24(36-6)18-10-20/h7-18,26,33H,1-6H3/b27-25+. The normalized spacial score (nSPS) is 17.4. The molecule has 0 spiro atoms. The number of aliphatic hydroxyl groups is 1. The van der Waals surface area contributed by atoms with E-state index in [1.54, 1.807) is 31.4 Å². The maximum atomic E-state index is 13.4. The topological polar surface area (TPSA) is 70.1 Å². The zero-order valence-electron chi connectivity index (χ0n) is 21.6. The Labute approximate surface area is 212 Å². The number of hydrogen-bond acceptors (Lipinski definition) is 5. The first-order chi connectivity index (χ1) is 17.0. The molecule has 1 heterocycles. The monoisotopic (exact) mass is 484 g/mol. The quantitative estimate of drug-likeness (QED) is 0.286. The van der Waals surface area contributed by atoms with E-state index in [-0.39, 0.29) is 16.7 Å². The summed E-state index contributed by atoms with van der Waals surface area (Å²) in [7, 11) is 5.45. The summed E-state index contributed by atoms with van der Waals surface area (Å²) in [4.78, 5) is 30.2. The number of anilines is 2. The number of methoxy groups -OCH3 is 1. The van der Waals surface area contributed by atoms with Crippen molar-refractivity contribution in [3.8, 4) is 5.75 Å². The van der Waals surface area contributed by atoms with Crippen LogP contribution in [-0.4, -0.2) is 38.0 Å². The number of amides is 1. The Morgan fingerprint density at radius 2 is 1.47 bits per heavy atom. The lowest BCUT2D eigenvalue weighted by atomic mass is 9.87. The molecule has 1 atom stereocenters. The molecule has 6 heteroatoms. The summed E-state index contributed by atoms with van der Waals surface area (Å²) in [5, 5.41) is 11.3. The highest BCUT2D eigenvalue weighted by atomic mass is 16.5. The van der Waals surface area contributed by atoms with Crippen LogP contribution in [0, 0.1) is 0 Å². The minimum atomic E-state index is -0.774. The van der Waals surface area contributed by atoms with E-state index in [9.17, 15) is 14.7 Å². The molecule has 0 bridgehead atoms. The van der Waals surface area contributed by atoms with E-state index in [1.165, 1.54) is 4.90 Å². The van der Waals surface area contributed by atoms with E-state index >= 15 is 0 Å². The Morgan fingerprint density at radius 1 is 0.889 bits per heavy atom. The molecule has 0 radical (unpaired) electrons. The summed E-state index contributed by atoms with van der Waals surface area (Å²) in [5.41, 5.74) is 3.88. The lowest BCUT2D eigenvalue weighted by Gasteiger charge is -2.27. The van der Waals surface area contributed by atoms with E-state index in [2.05, 4.69) is 20.8 Å². The number of hydrogen-bond donors (Lipinski definition) is 1. The average Bonchev–Trinajstić information content (AvgIpc) is 3.13. The Morgan fingerprint density at radius 3 is 1.97 bits per heavy atom. The van der Waals surface area contributed by atoms with E-state index < -0.39 is 17.7 Å². The number of Topliss-reactive ketones (excluding diaryl/α,β-unsaturated/α-hetero) is 1. The van der Waals surface area contributed by atoms with Crippen LogP contribution in [0.2, 0.25) is 0 Å². The van der Waals surface area contributed by atoms with Crippen LogP contribution < -0.4 is 14.5 Å². The lowest BCUT2D eigenvalue weighted by Crippen LogP contribution is -2.29.